The van der Waals surface area contributed by atoms with Crippen molar-refractivity contribution >= 4 is 22.5 Å². The second kappa shape index (κ2) is 62.5. The number of benzene rings is 3. The molecule has 0 saturated carbocycles. The molecule has 508 valence electrons. The Balaban J connectivity index is 0.000000628. The molecular weight excluding hydrogens is 1450 g/mol. The normalized spacial score (nSPS) is 7.61. The van der Waals surface area contributed by atoms with E-state index >= 15 is 0 Å². The third-order valence-electron chi connectivity index (χ3n) is 12.1. The lowest BCUT2D eigenvalue weighted by Crippen LogP contribution is -2.39. The van der Waals surface area contributed by atoms with E-state index < -0.39 is 0 Å². The van der Waals surface area contributed by atoms with E-state index in [1.165, 1.54) is 27.8 Å². The van der Waals surface area contributed by atoms with E-state index in [1.54, 1.807) is 7.11 Å². The fourth-order valence-electron chi connectivity index (χ4n) is 7.85. The maximum Gasteiger partial charge on any atom is 0.161 e. The minimum Gasteiger partial charge on any atom is -0.493 e. The van der Waals surface area contributed by atoms with Crippen LogP contribution in [0.25, 0.3) is 10.9 Å². The highest BCUT2D eigenvalue weighted by Crippen LogP contribution is 2.45. The maximum absolute atomic E-state index is 6.59. The SMILES string of the molecule is C#CC#CC#CC#CC#CC#CC#CC#CC#CC#CC#CC#CC#CC#CC#CC#CC#CC#CC#CC#CC#CC#CC#CC#CC#CC#CC#CC#CC#CC#CC#CC#CC#CC#CC#CC#CC#CC#CC#CC#CC#CC#CC#C.COc1cc2c(cc1OCc1ccccc1)CCN1Cc3[nH]c4cccc(Cl)c4c3CC21. The summed E-state index contributed by atoms with van der Waals surface area (Å²) in [6, 6.07) is 21.0. The Morgan fingerprint density at radius 3 is 0.847 bits per heavy atom. The van der Waals surface area contributed by atoms with Crippen molar-refractivity contribution in [3.05, 3.63) is 93.6 Å². The summed E-state index contributed by atoms with van der Waals surface area (Å²) in [4.78, 5) is 6.17. The van der Waals surface area contributed by atoms with Crippen LogP contribution in [0.3, 0.4) is 0 Å². The number of H-pyrrole nitrogens is 1. The van der Waals surface area contributed by atoms with E-state index in [-0.39, 0.29) is 0 Å². The van der Waals surface area contributed by atoms with E-state index in [9.17, 15) is 0 Å². The van der Waals surface area contributed by atoms with Crippen LogP contribution in [-0.2, 0) is 26.0 Å². The first-order chi connectivity index (χ1) is 58.6. The Morgan fingerprint density at radius 1 is 0.331 bits per heavy atom. The standard InChI is InChI=1S/C86H2.C27H25ClN2O2/c1-3-5-7-9-11-13-15-17-19-21-23-25-27-29-31-33-35-37-39-41-43-45-47-49-51-53-55-57-59-61-63-65-67-69-71-73-75-77-79-81-83-85-86-84-82-80-78-76-74-72-70-68-66-64-62-60-58-56-54-52-50-48-46-44-42-40-38-36-34-32-30-28-26-24-22-20-18-16-14-12-10-8-6-4-2;1-31-25-14-19-18(12-26(25)32-16-17-6-3-2-4-7-17)10-11-30-15-23-20(13-24(19)30)27-21(28)8-5-9-22(27)29-23/h1-2H;2-9,12,14,24,29H,10-11,13,15-16H2,1H3. The molecule has 2 aliphatic rings. The molecule has 1 N–H and O–H groups in total. The van der Waals surface area contributed by atoms with E-state index in [0.717, 1.165) is 53.5 Å². The first-order valence-corrected chi connectivity index (χ1v) is 32.8. The topological polar surface area (TPSA) is 37.5 Å². The largest absolute Gasteiger partial charge is 0.493 e. The molecular formula is C113H27ClN2O2. The van der Waals surface area contributed by atoms with Crippen LogP contribution in [0.5, 0.6) is 11.5 Å². The average molecular weight is 1480 g/mol. The molecule has 6 rings (SSSR count). The van der Waals surface area contributed by atoms with Crippen LogP contribution >= 0.6 is 11.6 Å². The van der Waals surface area contributed by atoms with Crippen molar-refractivity contribution in [3.63, 3.8) is 0 Å². The lowest BCUT2D eigenvalue weighted by atomic mass is 9.85. The number of halogens is 1. The van der Waals surface area contributed by atoms with Gasteiger partial charge in [0.05, 0.1) is 12.1 Å². The first kappa shape index (κ1) is 86.8. The fraction of sp³-hybridized carbons (Fsp3) is 0.0619. The number of terminal acetylenes is 2. The van der Waals surface area contributed by atoms with Crippen molar-refractivity contribution in [2.45, 2.75) is 32.0 Å². The van der Waals surface area contributed by atoms with Gasteiger partial charge in [-0.15, -0.1) is 12.8 Å². The second-order valence-corrected chi connectivity index (χ2v) is 19.6. The van der Waals surface area contributed by atoms with Crippen LogP contribution in [0.1, 0.15) is 34.0 Å². The molecule has 4 aromatic rings. The number of methoxy groups -OCH3 is 1. The van der Waals surface area contributed by atoms with Gasteiger partial charge >= 0.3 is 0 Å². The van der Waals surface area contributed by atoms with Crippen molar-refractivity contribution in [2.75, 3.05) is 13.7 Å². The predicted octanol–water partition coefficient (Wildman–Crippen LogP) is 6.46. The summed E-state index contributed by atoms with van der Waals surface area (Å²) in [6.07, 6.45) is 11.9. The molecule has 4 nitrogen and oxygen atoms in total. The summed E-state index contributed by atoms with van der Waals surface area (Å²) in [5.41, 5.74) is 7.61. The van der Waals surface area contributed by atoms with Crippen LogP contribution in [-0.4, -0.2) is 23.5 Å². The Kier molecular flexibility index (Phi) is 46.0. The van der Waals surface area contributed by atoms with Crippen molar-refractivity contribution < 1.29 is 9.47 Å². The number of ether oxygens (including phenoxy) is 2. The summed E-state index contributed by atoms with van der Waals surface area (Å²) in [7, 11) is 1.72. The smallest absolute Gasteiger partial charge is 0.161 e. The summed E-state index contributed by atoms with van der Waals surface area (Å²) < 4.78 is 11.9. The van der Waals surface area contributed by atoms with Crippen molar-refractivity contribution in [3.8, 4) is 522 Å². The first-order valence-electron chi connectivity index (χ1n) is 32.4. The number of hydrogen-bond donors (Lipinski definition) is 1. The van der Waals surface area contributed by atoms with Gasteiger partial charge in [0, 0.05) is 438 Å². The van der Waals surface area contributed by atoms with Gasteiger partial charge in [-0.05, 0) is 154 Å². The molecule has 0 saturated heterocycles. The van der Waals surface area contributed by atoms with E-state index in [1.807, 2.05) is 30.3 Å². The molecule has 0 bridgehead atoms. The van der Waals surface area contributed by atoms with Gasteiger partial charge in [0.2, 0.25) is 0 Å². The Hall–Kier alpha value is -21.9. The van der Waals surface area contributed by atoms with Gasteiger partial charge < -0.3 is 14.5 Å². The zero-order valence-electron chi connectivity index (χ0n) is 61.2. The average Bonchev–Trinajstić information content (AvgIpc) is 1.53. The van der Waals surface area contributed by atoms with Gasteiger partial charge in [0.15, 0.2) is 11.5 Å². The zero-order chi connectivity index (χ0) is 83.1. The Labute approximate surface area is 698 Å². The number of aromatic amines is 1. The molecule has 2 aliphatic heterocycles. The molecule has 0 fully saturated rings. The summed E-state index contributed by atoms with van der Waals surface area (Å²) in [5, 5.41) is 2.00. The monoisotopic (exact) mass is 1480 g/mol. The molecule has 1 aromatic heterocycles. The van der Waals surface area contributed by atoms with Crippen molar-refractivity contribution in [2.24, 2.45) is 0 Å². The fourth-order valence-corrected chi connectivity index (χ4v) is 8.14. The van der Waals surface area contributed by atoms with Gasteiger partial charge in [-0.1, -0.05) is 48.0 Å². The maximum atomic E-state index is 6.59. The molecule has 3 heterocycles. The van der Waals surface area contributed by atoms with Crippen LogP contribution in [0.15, 0.2) is 60.7 Å². The van der Waals surface area contributed by atoms with Gasteiger partial charge in [-0.3, -0.25) is 4.90 Å². The van der Waals surface area contributed by atoms with Crippen LogP contribution in [0.4, 0.5) is 0 Å². The molecule has 5 heteroatoms. The van der Waals surface area contributed by atoms with Crippen LogP contribution in [0.2, 0.25) is 5.02 Å². The van der Waals surface area contributed by atoms with Crippen molar-refractivity contribution in [1.29, 1.82) is 0 Å². The van der Waals surface area contributed by atoms with Gasteiger partial charge in [0.1, 0.15) is 6.61 Å². The lowest BCUT2D eigenvalue weighted by molar-refractivity contribution is 0.158. The number of hydrogen-bond acceptors (Lipinski definition) is 3. The zero-order valence-corrected chi connectivity index (χ0v) is 61.9. The molecule has 3 aromatic carbocycles. The van der Waals surface area contributed by atoms with E-state index in [2.05, 4.69) is 538 Å². The predicted molar refractivity (Wildman–Crippen MR) is 464 cm³/mol. The van der Waals surface area contributed by atoms with Gasteiger partial charge in [-0.2, -0.15) is 0 Å². The van der Waals surface area contributed by atoms with E-state index in [0.29, 0.717) is 12.6 Å². The lowest BCUT2D eigenvalue weighted by Gasteiger charge is -2.40. The molecule has 0 spiro atoms. The number of nitrogens with zero attached hydrogens (tertiary/aromatic N) is 1. The van der Waals surface area contributed by atoms with Gasteiger partial charge in [0.25, 0.3) is 0 Å². The highest BCUT2D eigenvalue weighted by atomic mass is 35.5. The number of rotatable bonds is 4. The van der Waals surface area contributed by atoms with Gasteiger partial charge in [-0.25, -0.2) is 0 Å². The third-order valence-corrected chi connectivity index (χ3v) is 12.4. The number of fused-ring (bicyclic) bond motifs is 6. The highest BCUT2D eigenvalue weighted by Gasteiger charge is 2.35. The molecule has 0 radical (unpaired) electrons. The number of aromatic nitrogens is 1. The van der Waals surface area contributed by atoms with Crippen LogP contribution in [0, 0.1) is 510 Å². The summed E-state index contributed by atoms with van der Waals surface area (Å²) in [5.74, 6) is 210. The number of nitrogens with one attached hydrogen (secondary N) is 1. The summed E-state index contributed by atoms with van der Waals surface area (Å²) >= 11 is 6.59. The van der Waals surface area contributed by atoms with E-state index in [4.69, 9.17) is 33.9 Å². The minimum absolute atomic E-state index is 0.318. The molecule has 0 amide bonds. The highest BCUT2D eigenvalue weighted by molar-refractivity contribution is 6.35. The molecule has 118 heavy (non-hydrogen) atoms. The van der Waals surface area contributed by atoms with Crippen LogP contribution < -0.4 is 9.47 Å². The third kappa shape index (κ3) is 42.2. The minimum atomic E-state index is 0.318. The second-order valence-electron chi connectivity index (χ2n) is 19.2. The summed E-state index contributed by atoms with van der Waals surface area (Å²) in [6.45, 7) is 2.48. The Bertz CT molecular complexity index is 7580. The van der Waals surface area contributed by atoms with Crippen molar-refractivity contribution in [1.82, 2.24) is 9.88 Å². The quantitative estimate of drug-likeness (QED) is 0.239. The molecule has 1 unspecified atom stereocenters. The molecule has 1 atom stereocenters. The molecule has 0 aliphatic carbocycles. The Morgan fingerprint density at radius 2 is 0.593 bits per heavy atom.